The van der Waals surface area contributed by atoms with Gasteiger partial charge in [-0.3, -0.25) is 20.0 Å². The number of nitrogens with zero attached hydrogens (tertiary/aromatic N) is 3. The van der Waals surface area contributed by atoms with E-state index in [9.17, 15) is 9.59 Å². The van der Waals surface area contributed by atoms with Crippen LogP contribution in [0.4, 0.5) is 5.69 Å². The molecule has 3 aromatic rings. The first kappa shape index (κ1) is 27.7. The summed E-state index contributed by atoms with van der Waals surface area (Å²) >= 11 is 0. The van der Waals surface area contributed by atoms with Gasteiger partial charge in [0.1, 0.15) is 18.4 Å². The van der Waals surface area contributed by atoms with Gasteiger partial charge in [0.2, 0.25) is 0 Å². The van der Waals surface area contributed by atoms with Gasteiger partial charge in [0, 0.05) is 61.3 Å². The zero-order valence-electron chi connectivity index (χ0n) is 22.1. The Labute approximate surface area is 222 Å². The highest BCUT2D eigenvalue weighted by atomic mass is 16.1. The summed E-state index contributed by atoms with van der Waals surface area (Å²) in [7, 11) is 3.75. The Bertz CT molecular complexity index is 1490. The fraction of sp³-hybridized carbons (Fsp3) is 0.167. The third kappa shape index (κ3) is 6.28. The Balaban J connectivity index is 2.01. The molecule has 38 heavy (non-hydrogen) atoms. The first-order valence-corrected chi connectivity index (χ1v) is 12.0. The molecule has 0 aliphatic rings. The molecule has 1 heterocycles. The summed E-state index contributed by atoms with van der Waals surface area (Å²) in [4.78, 5) is 36.6. The lowest BCUT2D eigenvalue weighted by Crippen LogP contribution is -2.18. The second kappa shape index (κ2) is 12.9. The van der Waals surface area contributed by atoms with Crippen LogP contribution in [0.25, 0.3) is 22.7 Å². The van der Waals surface area contributed by atoms with Gasteiger partial charge in [0.15, 0.2) is 0 Å². The monoisotopic (exact) mass is 508 g/mol. The topological polar surface area (TPSA) is 114 Å². The molecule has 0 saturated heterocycles. The third-order valence-electron chi connectivity index (χ3n) is 6.16. The number of aliphatic imine (C=N–C) groups is 2. The summed E-state index contributed by atoms with van der Waals surface area (Å²) in [6.45, 7) is 7.97. The number of allylic oxidation sites excluding steroid dienone is 3. The van der Waals surface area contributed by atoms with Gasteiger partial charge in [-0.25, -0.2) is 4.99 Å². The number of hydrogen-bond donors (Lipinski definition) is 3. The number of carbonyl (C=O) groups is 2. The van der Waals surface area contributed by atoms with Crippen LogP contribution < -0.4 is 10.2 Å². The molecule has 3 rings (SSSR count). The number of aromatic nitrogens is 1. The van der Waals surface area contributed by atoms with Crippen LogP contribution in [0.5, 0.6) is 0 Å². The highest BCUT2D eigenvalue weighted by molar-refractivity contribution is 6.05. The molecule has 0 radical (unpaired) electrons. The summed E-state index contributed by atoms with van der Waals surface area (Å²) in [5, 5.41) is 12.0. The van der Waals surface area contributed by atoms with E-state index >= 15 is 0 Å². The molecule has 2 aromatic carbocycles. The SMILES string of the molecule is C=N/C(=C(/C)C=NC(=N)/C=C(/C)NC)c1c[nH]c2c(N(C)Cc3c(C=O)cccc3/C=C/C=O)cccc12. The molecule has 0 atom stereocenters. The third-order valence-corrected chi connectivity index (χ3v) is 6.16. The number of H-pyrrole nitrogens is 1. The zero-order valence-corrected chi connectivity index (χ0v) is 22.1. The van der Waals surface area contributed by atoms with Gasteiger partial charge in [-0.15, -0.1) is 0 Å². The van der Waals surface area contributed by atoms with Crippen molar-refractivity contribution < 1.29 is 9.59 Å². The van der Waals surface area contributed by atoms with Crippen molar-refractivity contribution in [3.63, 3.8) is 0 Å². The van der Waals surface area contributed by atoms with E-state index in [0.29, 0.717) is 17.8 Å². The highest BCUT2D eigenvalue weighted by Crippen LogP contribution is 2.33. The minimum atomic E-state index is 0.125. The maximum absolute atomic E-state index is 11.8. The average Bonchev–Trinajstić information content (AvgIpc) is 3.35. The second-order valence-electron chi connectivity index (χ2n) is 8.70. The minimum absolute atomic E-state index is 0.125. The lowest BCUT2D eigenvalue weighted by Gasteiger charge is -2.22. The maximum Gasteiger partial charge on any atom is 0.150 e. The van der Waals surface area contributed by atoms with E-state index in [1.54, 1.807) is 37.5 Å². The molecule has 0 amide bonds. The van der Waals surface area contributed by atoms with Crippen LogP contribution in [-0.2, 0) is 11.3 Å². The number of aromatic amines is 1. The quantitative estimate of drug-likeness (QED) is 0.139. The molecule has 0 fully saturated rings. The lowest BCUT2D eigenvalue weighted by molar-refractivity contribution is -0.104. The number of benzene rings is 2. The Morgan fingerprint density at radius 2 is 1.89 bits per heavy atom. The van der Waals surface area contributed by atoms with Crippen molar-refractivity contribution in [2.45, 2.75) is 20.4 Å². The molecule has 194 valence electrons. The highest BCUT2D eigenvalue weighted by Gasteiger charge is 2.16. The Morgan fingerprint density at radius 1 is 1.16 bits per heavy atom. The smallest absolute Gasteiger partial charge is 0.150 e. The summed E-state index contributed by atoms with van der Waals surface area (Å²) in [6, 6.07) is 11.4. The minimum Gasteiger partial charge on any atom is -0.392 e. The van der Waals surface area contributed by atoms with Crippen LogP contribution in [0, 0.1) is 5.41 Å². The van der Waals surface area contributed by atoms with Crippen LogP contribution in [0.1, 0.15) is 40.9 Å². The molecule has 8 heteroatoms. The van der Waals surface area contributed by atoms with E-state index in [2.05, 4.69) is 31.9 Å². The standard InChI is InChI=1S/C30H32N6O2/c1-20(16-34-28(31)15-21(2)32-3)29(33-4)25-17-35-30-24(25)12-7-13-27(30)36(5)18-26-22(11-8-14-37)9-6-10-23(26)19-38/h6-17,19,31-32,35H,4,18H2,1-3,5H3/b11-8+,21-15-,29-20-,31-28?,34-16?. The predicted octanol–water partition coefficient (Wildman–Crippen LogP) is 5.43. The number of nitrogens with one attached hydrogen (secondary N) is 3. The molecule has 0 aliphatic carbocycles. The number of anilines is 1. The summed E-state index contributed by atoms with van der Waals surface area (Å²) in [5.74, 6) is 0.125. The maximum atomic E-state index is 11.8. The largest absolute Gasteiger partial charge is 0.392 e. The normalized spacial score (nSPS) is 12.6. The summed E-state index contributed by atoms with van der Waals surface area (Å²) in [6.07, 6.45) is 9.83. The van der Waals surface area contributed by atoms with Gasteiger partial charge in [-0.05, 0) is 49.4 Å². The van der Waals surface area contributed by atoms with Gasteiger partial charge in [-0.1, -0.05) is 36.4 Å². The Hall–Kier alpha value is -4.85. The number of rotatable bonds is 11. The van der Waals surface area contributed by atoms with E-state index in [4.69, 9.17) is 5.41 Å². The van der Waals surface area contributed by atoms with Crippen LogP contribution in [-0.4, -0.2) is 50.4 Å². The van der Waals surface area contributed by atoms with E-state index in [1.165, 1.54) is 6.08 Å². The summed E-state index contributed by atoms with van der Waals surface area (Å²) < 4.78 is 0. The fourth-order valence-corrected chi connectivity index (χ4v) is 4.15. The van der Waals surface area contributed by atoms with Crippen molar-refractivity contribution in [1.29, 1.82) is 5.41 Å². The molecule has 3 N–H and O–H groups in total. The Morgan fingerprint density at radius 3 is 2.58 bits per heavy atom. The molecule has 0 spiro atoms. The van der Waals surface area contributed by atoms with Crippen molar-refractivity contribution in [2.75, 3.05) is 19.0 Å². The molecule has 0 saturated carbocycles. The van der Waals surface area contributed by atoms with Gasteiger partial charge in [0.25, 0.3) is 0 Å². The lowest BCUT2D eigenvalue weighted by atomic mass is 10.00. The first-order valence-electron chi connectivity index (χ1n) is 12.0. The van der Waals surface area contributed by atoms with Gasteiger partial charge >= 0.3 is 0 Å². The van der Waals surface area contributed by atoms with Crippen LogP contribution in [0.15, 0.2) is 76.0 Å². The number of amidine groups is 1. The molecular weight excluding hydrogens is 476 g/mol. The summed E-state index contributed by atoms with van der Waals surface area (Å²) in [5.41, 5.74) is 7.20. The number of carbonyl (C=O) groups excluding carboxylic acids is 2. The van der Waals surface area contributed by atoms with Crippen LogP contribution >= 0.6 is 0 Å². The van der Waals surface area contributed by atoms with E-state index < -0.39 is 0 Å². The number of fused-ring (bicyclic) bond motifs is 1. The zero-order chi connectivity index (χ0) is 27.7. The van der Waals surface area contributed by atoms with E-state index in [1.807, 2.05) is 51.4 Å². The molecular formula is C30H32N6O2. The van der Waals surface area contributed by atoms with Crippen molar-refractivity contribution in [3.05, 3.63) is 88.3 Å². The predicted molar refractivity (Wildman–Crippen MR) is 159 cm³/mol. The number of para-hydroxylation sites is 1. The van der Waals surface area contributed by atoms with Crippen molar-refractivity contribution in [3.8, 4) is 0 Å². The van der Waals surface area contributed by atoms with Crippen LogP contribution in [0.2, 0.25) is 0 Å². The first-order chi connectivity index (χ1) is 18.3. The van der Waals surface area contributed by atoms with E-state index in [0.717, 1.165) is 57.1 Å². The number of hydrogen-bond acceptors (Lipinski definition) is 6. The second-order valence-corrected chi connectivity index (χ2v) is 8.70. The molecule has 0 unspecified atom stereocenters. The van der Waals surface area contributed by atoms with Crippen LogP contribution in [0.3, 0.4) is 0 Å². The van der Waals surface area contributed by atoms with E-state index in [-0.39, 0.29) is 5.84 Å². The van der Waals surface area contributed by atoms with Gasteiger partial charge in [-0.2, -0.15) is 0 Å². The van der Waals surface area contributed by atoms with Gasteiger partial charge in [0.05, 0.1) is 16.9 Å². The van der Waals surface area contributed by atoms with Crippen molar-refractivity contribution in [2.24, 2.45) is 9.98 Å². The Kier molecular flexibility index (Phi) is 9.42. The van der Waals surface area contributed by atoms with Crippen molar-refractivity contribution in [1.82, 2.24) is 10.3 Å². The molecule has 1 aromatic heterocycles. The number of aldehydes is 2. The fourth-order valence-electron chi connectivity index (χ4n) is 4.15. The van der Waals surface area contributed by atoms with Crippen molar-refractivity contribution >= 4 is 59.7 Å². The molecule has 8 nitrogen and oxygen atoms in total. The molecule has 0 aliphatic heterocycles. The molecule has 0 bridgehead atoms. The van der Waals surface area contributed by atoms with Gasteiger partial charge < -0.3 is 15.2 Å². The average molecular weight is 509 g/mol.